The molecule has 0 aliphatic heterocycles. The largest absolute Gasteiger partial charge is 0.508 e. The summed E-state index contributed by atoms with van der Waals surface area (Å²) in [4.78, 5) is 0. The maximum Gasteiger partial charge on any atom is 0.122 e. The van der Waals surface area contributed by atoms with Crippen LogP contribution in [-0.4, -0.2) is 5.11 Å². The summed E-state index contributed by atoms with van der Waals surface area (Å²) >= 11 is 0. The second kappa shape index (κ2) is 5.58. The lowest BCUT2D eigenvalue weighted by Gasteiger charge is -2.10. The van der Waals surface area contributed by atoms with Crippen LogP contribution < -0.4 is 4.74 Å². The molecule has 0 heterocycles. The molecule has 2 rings (SSSR count). The average Bonchev–Trinajstić information content (AvgIpc) is 2.39. The Labute approximate surface area is 108 Å². The van der Waals surface area contributed by atoms with Crippen LogP contribution in [0.25, 0.3) is 0 Å². The molecular weight excluding hydrogens is 224 g/mol. The van der Waals surface area contributed by atoms with Gasteiger partial charge in [0.25, 0.3) is 0 Å². The van der Waals surface area contributed by atoms with Crippen LogP contribution in [0.1, 0.15) is 23.6 Å². The number of benzene rings is 2. The minimum Gasteiger partial charge on any atom is -0.508 e. The van der Waals surface area contributed by atoms with E-state index in [0.717, 1.165) is 23.3 Å². The van der Waals surface area contributed by atoms with Gasteiger partial charge in [-0.05, 0) is 42.7 Å². The number of ether oxygens (including phenoxy) is 1. The van der Waals surface area contributed by atoms with E-state index in [1.807, 2.05) is 31.2 Å². The fraction of sp³-hybridized carbons (Fsp3) is 0.250. The summed E-state index contributed by atoms with van der Waals surface area (Å²) < 4.78 is 5.69. The minimum atomic E-state index is 0.292. The molecular formula is C16H18O2. The first-order chi connectivity index (χ1) is 8.70. The van der Waals surface area contributed by atoms with Crippen molar-refractivity contribution in [2.24, 2.45) is 0 Å². The molecule has 0 saturated carbocycles. The molecule has 2 aromatic carbocycles. The van der Waals surface area contributed by atoms with Crippen LogP contribution in [0.2, 0.25) is 0 Å². The van der Waals surface area contributed by atoms with Crippen molar-refractivity contribution in [3.05, 3.63) is 59.2 Å². The molecule has 0 bridgehead atoms. The normalized spacial score (nSPS) is 10.3. The molecule has 0 aliphatic carbocycles. The lowest BCUT2D eigenvalue weighted by atomic mass is 10.1. The zero-order chi connectivity index (χ0) is 13.0. The van der Waals surface area contributed by atoms with Crippen molar-refractivity contribution in [1.82, 2.24) is 0 Å². The van der Waals surface area contributed by atoms with Crippen molar-refractivity contribution in [1.29, 1.82) is 0 Å². The Balaban J connectivity index is 2.06. The molecule has 0 atom stereocenters. The van der Waals surface area contributed by atoms with E-state index in [1.54, 1.807) is 6.07 Å². The first-order valence-corrected chi connectivity index (χ1v) is 6.20. The summed E-state index contributed by atoms with van der Waals surface area (Å²) in [6.07, 6.45) is 1.03. The Kier molecular flexibility index (Phi) is 3.88. The second-order valence-corrected chi connectivity index (χ2v) is 4.36. The van der Waals surface area contributed by atoms with Gasteiger partial charge in [-0.3, -0.25) is 0 Å². The van der Waals surface area contributed by atoms with E-state index in [-0.39, 0.29) is 0 Å². The van der Waals surface area contributed by atoms with Crippen molar-refractivity contribution in [2.45, 2.75) is 26.9 Å². The first kappa shape index (κ1) is 12.5. The molecule has 2 nitrogen and oxygen atoms in total. The van der Waals surface area contributed by atoms with Crippen LogP contribution in [-0.2, 0) is 13.0 Å². The van der Waals surface area contributed by atoms with Crippen LogP contribution >= 0.6 is 0 Å². The van der Waals surface area contributed by atoms with Crippen LogP contribution in [0.4, 0.5) is 0 Å². The van der Waals surface area contributed by atoms with Gasteiger partial charge in [0.05, 0.1) is 0 Å². The molecule has 0 spiro atoms. The Morgan fingerprint density at radius 1 is 1.06 bits per heavy atom. The molecule has 1 N–H and O–H groups in total. The predicted molar refractivity (Wildman–Crippen MR) is 73.0 cm³/mol. The third-order valence-corrected chi connectivity index (χ3v) is 3.10. The Hall–Kier alpha value is -1.96. The molecule has 0 aromatic heterocycles. The Morgan fingerprint density at radius 3 is 2.39 bits per heavy atom. The summed E-state index contributed by atoms with van der Waals surface area (Å²) in [7, 11) is 0. The number of rotatable bonds is 4. The van der Waals surface area contributed by atoms with Gasteiger partial charge in [0.15, 0.2) is 0 Å². The van der Waals surface area contributed by atoms with Crippen LogP contribution in [0, 0.1) is 6.92 Å². The molecule has 2 aromatic rings. The molecule has 0 unspecified atom stereocenters. The molecule has 0 fully saturated rings. The van der Waals surface area contributed by atoms with Gasteiger partial charge in [0.1, 0.15) is 18.1 Å². The van der Waals surface area contributed by atoms with Gasteiger partial charge < -0.3 is 9.84 Å². The maximum absolute atomic E-state index is 9.77. The van der Waals surface area contributed by atoms with Crippen molar-refractivity contribution in [3.63, 3.8) is 0 Å². The summed E-state index contributed by atoms with van der Waals surface area (Å²) in [6, 6.07) is 13.6. The smallest absolute Gasteiger partial charge is 0.122 e. The monoisotopic (exact) mass is 242 g/mol. The standard InChI is InChI=1S/C16H18O2/c1-3-13-7-9-14(10-8-13)18-11-15-12(2)5-4-6-16(15)17/h4-10,17H,3,11H2,1-2H3. The Bertz CT molecular complexity index is 495. The summed E-state index contributed by atoms with van der Waals surface area (Å²) in [5.74, 6) is 1.12. The summed E-state index contributed by atoms with van der Waals surface area (Å²) in [5.41, 5.74) is 3.18. The van der Waals surface area contributed by atoms with Gasteiger partial charge in [0, 0.05) is 5.56 Å². The molecule has 18 heavy (non-hydrogen) atoms. The van der Waals surface area contributed by atoms with Crippen LogP contribution in [0.3, 0.4) is 0 Å². The summed E-state index contributed by atoms with van der Waals surface area (Å²) in [5, 5.41) is 9.77. The van der Waals surface area contributed by atoms with E-state index >= 15 is 0 Å². The first-order valence-electron chi connectivity index (χ1n) is 6.20. The highest BCUT2D eigenvalue weighted by molar-refractivity contribution is 5.38. The fourth-order valence-corrected chi connectivity index (χ4v) is 1.85. The topological polar surface area (TPSA) is 29.5 Å². The third kappa shape index (κ3) is 2.83. The van der Waals surface area contributed by atoms with Gasteiger partial charge in [-0.25, -0.2) is 0 Å². The molecule has 0 aliphatic rings. The number of phenolic OH excluding ortho intramolecular Hbond substituents is 1. The third-order valence-electron chi connectivity index (χ3n) is 3.10. The van der Waals surface area contributed by atoms with Crippen LogP contribution in [0.15, 0.2) is 42.5 Å². The van der Waals surface area contributed by atoms with Crippen molar-refractivity contribution >= 4 is 0 Å². The van der Waals surface area contributed by atoms with Crippen LogP contribution in [0.5, 0.6) is 11.5 Å². The zero-order valence-electron chi connectivity index (χ0n) is 10.8. The van der Waals surface area contributed by atoms with Gasteiger partial charge in [-0.15, -0.1) is 0 Å². The number of hydrogen-bond acceptors (Lipinski definition) is 2. The minimum absolute atomic E-state index is 0.292. The van der Waals surface area contributed by atoms with E-state index < -0.39 is 0 Å². The fourth-order valence-electron chi connectivity index (χ4n) is 1.85. The molecule has 2 heteroatoms. The molecule has 94 valence electrons. The zero-order valence-corrected chi connectivity index (χ0v) is 10.8. The number of hydrogen-bond donors (Lipinski definition) is 1. The number of aromatic hydroxyl groups is 1. The number of phenols is 1. The highest BCUT2D eigenvalue weighted by Gasteiger charge is 2.05. The number of aryl methyl sites for hydroxylation is 2. The molecule has 0 radical (unpaired) electrons. The van der Waals surface area contributed by atoms with Gasteiger partial charge in [-0.1, -0.05) is 31.2 Å². The van der Waals surface area contributed by atoms with E-state index in [0.29, 0.717) is 12.4 Å². The van der Waals surface area contributed by atoms with Crippen molar-refractivity contribution in [3.8, 4) is 11.5 Å². The quantitative estimate of drug-likeness (QED) is 0.882. The second-order valence-electron chi connectivity index (χ2n) is 4.36. The molecule has 0 amide bonds. The van der Waals surface area contributed by atoms with E-state index in [9.17, 15) is 5.11 Å². The van der Waals surface area contributed by atoms with Crippen molar-refractivity contribution < 1.29 is 9.84 Å². The summed E-state index contributed by atoms with van der Waals surface area (Å²) in [6.45, 7) is 4.49. The highest BCUT2D eigenvalue weighted by atomic mass is 16.5. The van der Waals surface area contributed by atoms with E-state index in [4.69, 9.17) is 4.74 Å². The Morgan fingerprint density at radius 2 is 1.78 bits per heavy atom. The predicted octanol–water partition coefficient (Wildman–Crippen LogP) is 3.84. The lowest BCUT2D eigenvalue weighted by molar-refractivity contribution is 0.298. The van der Waals surface area contributed by atoms with Gasteiger partial charge in [0.2, 0.25) is 0 Å². The van der Waals surface area contributed by atoms with E-state index in [2.05, 4.69) is 19.1 Å². The maximum atomic E-state index is 9.77. The average molecular weight is 242 g/mol. The lowest BCUT2D eigenvalue weighted by Crippen LogP contribution is -1.98. The molecule has 0 saturated heterocycles. The van der Waals surface area contributed by atoms with Gasteiger partial charge in [-0.2, -0.15) is 0 Å². The van der Waals surface area contributed by atoms with E-state index in [1.165, 1.54) is 5.56 Å². The van der Waals surface area contributed by atoms with Gasteiger partial charge >= 0.3 is 0 Å². The SMILES string of the molecule is CCc1ccc(OCc2c(C)cccc2O)cc1. The highest BCUT2D eigenvalue weighted by Crippen LogP contribution is 2.22. The van der Waals surface area contributed by atoms with Crippen molar-refractivity contribution in [2.75, 3.05) is 0 Å².